The average molecular weight is 373 g/mol. The molecule has 0 bridgehead atoms. The third-order valence-electron chi connectivity index (χ3n) is 2.47. The highest BCUT2D eigenvalue weighted by atomic mass is 79.9. The van der Waals surface area contributed by atoms with Crippen molar-refractivity contribution in [3.05, 3.63) is 61.6 Å². The first-order valence-electron chi connectivity index (χ1n) is 5.52. The van der Waals surface area contributed by atoms with Crippen LogP contribution in [-0.2, 0) is 0 Å². The van der Waals surface area contributed by atoms with Crippen LogP contribution < -0.4 is 4.74 Å². The minimum absolute atomic E-state index is 0.0181. The monoisotopic (exact) mass is 371 g/mol. The Balaban J connectivity index is 2.32. The van der Waals surface area contributed by atoms with Crippen LogP contribution in [0.3, 0.4) is 0 Å². The fraction of sp³-hybridized carbons (Fsp3) is 0. The molecule has 0 aliphatic heterocycles. The van der Waals surface area contributed by atoms with E-state index in [0.29, 0.717) is 4.47 Å². The summed E-state index contributed by atoms with van der Waals surface area (Å²) >= 11 is 8.98. The molecule has 8 heteroatoms. The number of carboxylic acids is 1. The Bertz CT molecular complexity index is 734. The third-order valence-corrected chi connectivity index (χ3v) is 3.24. The number of ether oxygens (including phenoxy) is 1. The van der Waals surface area contributed by atoms with E-state index in [1.54, 1.807) is 6.07 Å². The Morgan fingerprint density at radius 1 is 1.24 bits per heavy atom. The molecular formula is C13H7BrClNO5. The zero-order valence-corrected chi connectivity index (χ0v) is 12.6. The number of hydrogen-bond acceptors (Lipinski definition) is 4. The lowest BCUT2D eigenvalue weighted by atomic mass is 10.2. The molecular weight excluding hydrogens is 366 g/mol. The quantitative estimate of drug-likeness (QED) is 0.630. The van der Waals surface area contributed by atoms with E-state index in [1.165, 1.54) is 30.3 Å². The van der Waals surface area contributed by atoms with Gasteiger partial charge in [0, 0.05) is 16.6 Å². The summed E-state index contributed by atoms with van der Waals surface area (Å²) < 4.78 is 5.94. The summed E-state index contributed by atoms with van der Waals surface area (Å²) in [5.41, 5.74) is -0.183. The summed E-state index contributed by atoms with van der Waals surface area (Å²) in [6.07, 6.45) is 0. The van der Waals surface area contributed by atoms with Crippen LogP contribution in [0.5, 0.6) is 11.5 Å². The van der Waals surface area contributed by atoms with Crippen LogP contribution in [0.1, 0.15) is 10.4 Å². The van der Waals surface area contributed by atoms with E-state index in [0.717, 1.165) is 0 Å². The van der Waals surface area contributed by atoms with Gasteiger partial charge in [0.25, 0.3) is 5.69 Å². The highest BCUT2D eigenvalue weighted by Gasteiger charge is 2.12. The fourth-order valence-corrected chi connectivity index (χ4v) is 2.29. The zero-order valence-electron chi connectivity index (χ0n) is 10.2. The van der Waals surface area contributed by atoms with E-state index in [9.17, 15) is 14.9 Å². The second-order valence-electron chi connectivity index (χ2n) is 3.95. The number of carboxylic acid groups (broad SMARTS) is 1. The number of nitro groups is 1. The van der Waals surface area contributed by atoms with Crippen LogP contribution in [0, 0.1) is 10.1 Å². The lowest BCUT2D eigenvalue weighted by molar-refractivity contribution is -0.385. The zero-order chi connectivity index (χ0) is 15.6. The van der Waals surface area contributed by atoms with Crippen LogP contribution >= 0.6 is 27.5 Å². The molecule has 0 unspecified atom stereocenters. The summed E-state index contributed by atoms with van der Waals surface area (Å²) in [5.74, 6) is -0.641. The number of rotatable bonds is 4. The molecule has 108 valence electrons. The van der Waals surface area contributed by atoms with Crippen molar-refractivity contribution < 1.29 is 19.6 Å². The summed E-state index contributed by atoms with van der Waals surface area (Å²) in [5, 5.41) is 19.7. The number of aromatic carboxylic acids is 1. The lowest BCUT2D eigenvalue weighted by Crippen LogP contribution is -1.97. The minimum atomic E-state index is -1.15. The van der Waals surface area contributed by atoms with Crippen LogP contribution in [0.4, 0.5) is 5.69 Å². The van der Waals surface area contributed by atoms with Gasteiger partial charge in [-0.3, -0.25) is 10.1 Å². The van der Waals surface area contributed by atoms with E-state index in [4.69, 9.17) is 21.4 Å². The smallest absolute Gasteiger partial charge is 0.337 e. The number of carbonyl (C=O) groups is 1. The summed E-state index contributed by atoms with van der Waals surface area (Å²) in [6.45, 7) is 0. The summed E-state index contributed by atoms with van der Waals surface area (Å²) in [6, 6.07) is 8.19. The van der Waals surface area contributed by atoms with Crippen molar-refractivity contribution in [2.45, 2.75) is 0 Å². The Labute approximate surface area is 132 Å². The number of non-ortho nitro benzene ring substituents is 1. The van der Waals surface area contributed by atoms with E-state index >= 15 is 0 Å². The topological polar surface area (TPSA) is 89.7 Å². The van der Waals surface area contributed by atoms with Gasteiger partial charge in [0.2, 0.25) is 0 Å². The molecule has 0 radical (unpaired) electrons. The van der Waals surface area contributed by atoms with Gasteiger partial charge in [-0.1, -0.05) is 27.5 Å². The third kappa shape index (κ3) is 3.71. The summed E-state index contributed by atoms with van der Waals surface area (Å²) in [7, 11) is 0. The van der Waals surface area contributed by atoms with Crippen LogP contribution in [0.25, 0.3) is 0 Å². The van der Waals surface area contributed by atoms with Crippen molar-refractivity contribution in [2.24, 2.45) is 0 Å². The second kappa shape index (κ2) is 6.11. The fourth-order valence-electron chi connectivity index (χ4n) is 1.58. The van der Waals surface area contributed by atoms with Gasteiger partial charge < -0.3 is 9.84 Å². The number of benzene rings is 2. The van der Waals surface area contributed by atoms with Crippen molar-refractivity contribution in [1.29, 1.82) is 0 Å². The molecule has 2 rings (SSSR count). The van der Waals surface area contributed by atoms with Gasteiger partial charge in [-0.05, 0) is 18.2 Å². The molecule has 0 aliphatic rings. The number of hydrogen-bond donors (Lipinski definition) is 1. The molecule has 6 nitrogen and oxygen atoms in total. The molecule has 0 atom stereocenters. The molecule has 0 saturated carbocycles. The van der Waals surface area contributed by atoms with Crippen molar-refractivity contribution in [3.8, 4) is 11.5 Å². The standard InChI is InChI=1S/C13H7BrClNO5/c14-7-3-8(16(19)20)5-10(4-7)21-9-1-2-11(13(17)18)12(15)6-9/h1-6H,(H,17,18). The molecule has 1 N–H and O–H groups in total. The van der Waals surface area contributed by atoms with Crippen LogP contribution in [-0.4, -0.2) is 16.0 Å². The van der Waals surface area contributed by atoms with Crippen molar-refractivity contribution in [2.75, 3.05) is 0 Å². The van der Waals surface area contributed by atoms with Crippen molar-refractivity contribution >= 4 is 39.2 Å². The van der Waals surface area contributed by atoms with Gasteiger partial charge in [0.05, 0.1) is 21.6 Å². The van der Waals surface area contributed by atoms with E-state index in [-0.39, 0.29) is 27.8 Å². The van der Waals surface area contributed by atoms with Gasteiger partial charge in [-0.2, -0.15) is 0 Å². The van der Waals surface area contributed by atoms with Gasteiger partial charge in [0.1, 0.15) is 11.5 Å². The highest BCUT2D eigenvalue weighted by Crippen LogP contribution is 2.31. The Kier molecular flexibility index (Phi) is 4.44. The minimum Gasteiger partial charge on any atom is -0.478 e. The maximum Gasteiger partial charge on any atom is 0.337 e. The maximum absolute atomic E-state index is 10.8. The number of nitro benzene ring substituents is 1. The predicted octanol–water partition coefficient (Wildman–Crippen LogP) is 4.50. The Hall–Kier alpha value is -2.12. The molecule has 0 fully saturated rings. The van der Waals surface area contributed by atoms with Gasteiger partial charge in [0.15, 0.2) is 0 Å². The average Bonchev–Trinajstić information content (AvgIpc) is 2.37. The molecule has 0 aliphatic carbocycles. The number of nitrogens with zero attached hydrogens (tertiary/aromatic N) is 1. The van der Waals surface area contributed by atoms with Gasteiger partial charge in [-0.25, -0.2) is 4.79 Å². The molecule has 21 heavy (non-hydrogen) atoms. The van der Waals surface area contributed by atoms with Crippen LogP contribution in [0.15, 0.2) is 40.9 Å². The molecule has 0 saturated heterocycles. The first kappa shape index (κ1) is 15.3. The van der Waals surface area contributed by atoms with Crippen LogP contribution in [0.2, 0.25) is 5.02 Å². The van der Waals surface area contributed by atoms with Crippen molar-refractivity contribution in [3.63, 3.8) is 0 Å². The Morgan fingerprint density at radius 3 is 2.52 bits per heavy atom. The molecule has 2 aromatic carbocycles. The summed E-state index contributed by atoms with van der Waals surface area (Å²) in [4.78, 5) is 21.1. The molecule has 0 amide bonds. The molecule has 2 aromatic rings. The van der Waals surface area contributed by atoms with E-state index in [1.807, 2.05) is 0 Å². The second-order valence-corrected chi connectivity index (χ2v) is 5.27. The number of halogens is 2. The van der Waals surface area contributed by atoms with E-state index in [2.05, 4.69) is 15.9 Å². The molecule has 0 heterocycles. The molecule has 0 spiro atoms. The SMILES string of the molecule is O=C(O)c1ccc(Oc2cc(Br)cc([N+](=O)[O-])c2)cc1Cl. The Morgan fingerprint density at radius 2 is 1.95 bits per heavy atom. The highest BCUT2D eigenvalue weighted by molar-refractivity contribution is 9.10. The lowest BCUT2D eigenvalue weighted by Gasteiger charge is -2.07. The largest absolute Gasteiger partial charge is 0.478 e. The van der Waals surface area contributed by atoms with Gasteiger partial charge >= 0.3 is 5.97 Å². The van der Waals surface area contributed by atoms with E-state index < -0.39 is 10.9 Å². The molecule has 0 aromatic heterocycles. The first-order chi connectivity index (χ1) is 9.86. The predicted molar refractivity (Wildman–Crippen MR) is 79.3 cm³/mol. The van der Waals surface area contributed by atoms with Gasteiger partial charge in [-0.15, -0.1) is 0 Å². The first-order valence-corrected chi connectivity index (χ1v) is 6.69. The van der Waals surface area contributed by atoms with Crippen molar-refractivity contribution in [1.82, 2.24) is 0 Å². The normalized spacial score (nSPS) is 10.2. The maximum atomic E-state index is 10.8.